The fourth-order valence-corrected chi connectivity index (χ4v) is 1.77. The van der Waals surface area contributed by atoms with Crippen LogP contribution in [0.25, 0.3) is 0 Å². The number of anilines is 1. The van der Waals surface area contributed by atoms with Crippen LogP contribution in [0.2, 0.25) is 0 Å². The molecule has 120 valence electrons. The molecule has 0 bridgehead atoms. The zero-order valence-electron chi connectivity index (χ0n) is 12.9. The van der Waals surface area contributed by atoms with Crippen molar-refractivity contribution in [2.45, 2.75) is 33.1 Å². The minimum Gasteiger partial charge on any atom is -0.481 e. The Morgan fingerprint density at radius 1 is 1.09 bits per heavy atom. The van der Waals surface area contributed by atoms with Gasteiger partial charge in [-0.15, -0.1) is 0 Å². The molecule has 0 saturated carbocycles. The predicted octanol–water partition coefficient (Wildman–Crippen LogP) is 1.80. The van der Waals surface area contributed by atoms with Crippen LogP contribution in [-0.4, -0.2) is 29.4 Å². The second kappa shape index (κ2) is 8.81. The summed E-state index contributed by atoms with van der Waals surface area (Å²) in [6.45, 7) is 4.00. The number of rotatable bonds is 8. The van der Waals surface area contributed by atoms with Gasteiger partial charge in [-0.1, -0.05) is 26.0 Å². The third kappa shape index (κ3) is 7.42. The lowest BCUT2D eigenvalue weighted by atomic mass is 10.1. The monoisotopic (exact) mass is 306 g/mol. The van der Waals surface area contributed by atoms with Gasteiger partial charge in [0.05, 0.1) is 13.0 Å². The SMILES string of the molecule is CC(C)CCC(=O)NCC(=O)Nc1ccc(CC(=O)O)cc1. The van der Waals surface area contributed by atoms with Crippen LogP contribution in [0.3, 0.4) is 0 Å². The molecular formula is C16H22N2O4. The standard InChI is InChI=1S/C16H22N2O4/c1-11(2)3-8-14(19)17-10-15(20)18-13-6-4-12(5-7-13)9-16(21)22/h4-7,11H,3,8-10H2,1-2H3,(H,17,19)(H,18,20)(H,21,22). The number of hydrogen-bond donors (Lipinski definition) is 3. The van der Waals surface area contributed by atoms with Gasteiger partial charge in [0.25, 0.3) is 0 Å². The Kier molecular flexibility index (Phi) is 7.08. The summed E-state index contributed by atoms with van der Waals surface area (Å²) in [6, 6.07) is 6.56. The van der Waals surface area contributed by atoms with Crippen molar-refractivity contribution in [3.05, 3.63) is 29.8 Å². The molecule has 0 aliphatic rings. The second-order valence-corrected chi connectivity index (χ2v) is 5.52. The Hall–Kier alpha value is -2.37. The van der Waals surface area contributed by atoms with E-state index in [9.17, 15) is 14.4 Å². The number of aliphatic carboxylic acids is 1. The largest absolute Gasteiger partial charge is 0.481 e. The molecule has 0 fully saturated rings. The molecular weight excluding hydrogens is 284 g/mol. The lowest BCUT2D eigenvalue weighted by Gasteiger charge is -2.08. The topological polar surface area (TPSA) is 95.5 Å². The first-order valence-corrected chi connectivity index (χ1v) is 7.24. The molecule has 1 aromatic carbocycles. The molecule has 1 rings (SSSR count). The zero-order valence-corrected chi connectivity index (χ0v) is 12.9. The van der Waals surface area contributed by atoms with Crippen LogP contribution in [0, 0.1) is 5.92 Å². The van der Waals surface area contributed by atoms with Gasteiger partial charge in [-0.25, -0.2) is 0 Å². The average Bonchev–Trinajstić information content (AvgIpc) is 2.44. The van der Waals surface area contributed by atoms with E-state index < -0.39 is 5.97 Å². The van der Waals surface area contributed by atoms with E-state index in [1.807, 2.05) is 13.8 Å². The lowest BCUT2D eigenvalue weighted by Crippen LogP contribution is -2.32. The number of carboxylic acids is 1. The van der Waals surface area contributed by atoms with Crippen molar-refractivity contribution in [2.75, 3.05) is 11.9 Å². The fraction of sp³-hybridized carbons (Fsp3) is 0.438. The maximum Gasteiger partial charge on any atom is 0.307 e. The van der Waals surface area contributed by atoms with E-state index in [0.29, 0.717) is 23.6 Å². The molecule has 1 aromatic rings. The third-order valence-electron chi connectivity index (χ3n) is 2.99. The van der Waals surface area contributed by atoms with Crippen LogP contribution in [0.4, 0.5) is 5.69 Å². The summed E-state index contributed by atoms with van der Waals surface area (Å²) < 4.78 is 0. The van der Waals surface area contributed by atoms with E-state index >= 15 is 0 Å². The maximum absolute atomic E-state index is 11.7. The third-order valence-corrected chi connectivity index (χ3v) is 2.99. The predicted molar refractivity (Wildman–Crippen MR) is 83.5 cm³/mol. The van der Waals surface area contributed by atoms with Crippen LogP contribution in [0.15, 0.2) is 24.3 Å². The highest BCUT2D eigenvalue weighted by Gasteiger charge is 2.07. The van der Waals surface area contributed by atoms with Gasteiger partial charge in [0.1, 0.15) is 0 Å². The lowest BCUT2D eigenvalue weighted by molar-refractivity contribution is -0.136. The number of carboxylic acid groups (broad SMARTS) is 1. The molecule has 0 aromatic heterocycles. The molecule has 22 heavy (non-hydrogen) atoms. The average molecular weight is 306 g/mol. The molecule has 0 spiro atoms. The maximum atomic E-state index is 11.7. The van der Waals surface area contributed by atoms with Crippen molar-refractivity contribution in [1.82, 2.24) is 5.32 Å². The molecule has 0 unspecified atom stereocenters. The van der Waals surface area contributed by atoms with Crippen molar-refractivity contribution in [2.24, 2.45) is 5.92 Å². The smallest absolute Gasteiger partial charge is 0.307 e. The highest BCUT2D eigenvalue weighted by molar-refractivity contribution is 5.94. The molecule has 0 radical (unpaired) electrons. The van der Waals surface area contributed by atoms with Gasteiger partial charge in [-0.2, -0.15) is 0 Å². The van der Waals surface area contributed by atoms with E-state index in [1.165, 1.54) is 0 Å². The molecule has 6 heteroatoms. The Bertz CT molecular complexity index is 523. The minimum absolute atomic E-state index is 0.0554. The number of benzene rings is 1. The van der Waals surface area contributed by atoms with Crippen LogP contribution in [0.5, 0.6) is 0 Å². The van der Waals surface area contributed by atoms with E-state index in [0.717, 1.165) is 6.42 Å². The van der Waals surface area contributed by atoms with Crippen molar-refractivity contribution in [1.29, 1.82) is 0 Å². The molecule has 0 atom stereocenters. The van der Waals surface area contributed by atoms with E-state index in [-0.39, 0.29) is 24.8 Å². The number of amides is 2. The summed E-state index contributed by atoms with van der Waals surface area (Å²) in [6.07, 6.45) is 1.15. The van der Waals surface area contributed by atoms with Gasteiger partial charge in [0.2, 0.25) is 11.8 Å². The molecule has 3 N–H and O–H groups in total. The minimum atomic E-state index is -0.902. The second-order valence-electron chi connectivity index (χ2n) is 5.52. The van der Waals surface area contributed by atoms with Crippen LogP contribution < -0.4 is 10.6 Å². The molecule has 6 nitrogen and oxygen atoms in total. The molecule has 2 amide bonds. The molecule has 0 saturated heterocycles. The Balaban J connectivity index is 2.35. The van der Waals surface area contributed by atoms with Gasteiger partial charge < -0.3 is 15.7 Å². The van der Waals surface area contributed by atoms with E-state index in [2.05, 4.69) is 10.6 Å². The fourth-order valence-electron chi connectivity index (χ4n) is 1.77. The van der Waals surface area contributed by atoms with Gasteiger partial charge in [-0.05, 0) is 30.0 Å². The Labute approximate surface area is 129 Å². The first-order valence-electron chi connectivity index (χ1n) is 7.24. The van der Waals surface area contributed by atoms with Crippen LogP contribution >= 0.6 is 0 Å². The molecule has 0 heterocycles. The van der Waals surface area contributed by atoms with Gasteiger partial charge >= 0.3 is 5.97 Å². The summed E-state index contributed by atoms with van der Waals surface area (Å²) in [4.78, 5) is 33.8. The van der Waals surface area contributed by atoms with Crippen LogP contribution in [-0.2, 0) is 20.8 Å². The number of carbonyl (C=O) groups is 3. The quantitative estimate of drug-likeness (QED) is 0.682. The van der Waals surface area contributed by atoms with E-state index in [1.54, 1.807) is 24.3 Å². The highest BCUT2D eigenvalue weighted by Crippen LogP contribution is 2.10. The summed E-state index contributed by atoms with van der Waals surface area (Å²) in [5, 5.41) is 13.9. The summed E-state index contributed by atoms with van der Waals surface area (Å²) in [7, 11) is 0. The first-order chi connectivity index (χ1) is 10.4. The van der Waals surface area contributed by atoms with Crippen molar-refractivity contribution < 1.29 is 19.5 Å². The van der Waals surface area contributed by atoms with Crippen LogP contribution in [0.1, 0.15) is 32.3 Å². The summed E-state index contributed by atoms with van der Waals surface area (Å²) in [5.41, 5.74) is 1.23. The highest BCUT2D eigenvalue weighted by atomic mass is 16.4. The Morgan fingerprint density at radius 3 is 2.27 bits per heavy atom. The van der Waals surface area contributed by atoms with Crippen molar-refractivity contribution in [3.63, 3.8) is 0 Å². The first kappa shape index (κ1) is 17.7. The summed E-state index contributed by atoms with van der Waals surface area (Å²) >= 11 is 0. The van der Waals surface area contributed by atoms with Gasteiger partial charge in [-0.3, -0.25) is 14.4 Å². The van der Waals surface area contributed by atoms with E-state index in [4.69, 9.17) is 5.11 Å². The van der Waals surface area contributed by atoms with Crippen molar-refractivity contribution in [3.8, 4) is 0 Å². The van der Waals surface area contributed by atoms with Gasteiger partial charge in [0.15, 0.2) is 0 Å². The Morgan fingerprint density at radius 2 is 1.73 bits per heavy atom. The van der Waals surface area contributed by atoms with Gasteiger partial charge in [0, 0.05) is 12.1 Å². The zero-order chi connectivity index (χ0) is 16.5. The van der Waals surface area contributed by atoms with Crippen molar-refractivity contribution >= 4 is 23.5 Å². The number of carbonyl (C=O) groups excluding carboxylic acids is 2. The normalized spacial score (nSPS) is 10.3. The number of nitrogens with one attached hydrogen (secondary N) is 2. The summed E-state index contributed by atoms with van der Waals surface area (Å²) in [5.74, 6) is -0.908. The number of hydrogen-bond acceptors (Lipinski definition) is 3. The molecule has 0 aliphatic carbocycles. The molecule has 0 aliphatic heterocycles.